The van der Waals surface area contributed by atoms with Crippen LogP contribution in [0.3, 0.4) is 0 Å². The number of hydrogen-bond acceptors (Lipinski definition) is 5. The minimum Gasteiger partial charge on any atom is -0.323 e. The standard InChI is InChI=1S/C16H37N3O6P2/c1-5-15(6-2,26(20,21)22)18-11-9-17-10-12-19(14-13-18)16(7-3,8-4)27(23,24)25/h17H,5-14H2,1-4H3,(H2,20,21,22)(H2,23,24,25). The number of rotatable bonds is 8. The molecule has 27 heavy (non-hydrogen) atoms. The van der Waals surface area contributed by atoms with Crippen LogP contribution in [0.4, 0.5) is 0 Å². The number of nitrogens with zero attached hydrogens (tertiary/aromatic N) is 2. The molecule has 0 aliphatic carbocycles. The molecule has 0 amide bonds. The van der Waals surface area contributed by atoms with E-state index in [2.05, 4.69) is 5.32 Å². The van der Waals surface area contributed by atoms with Gasteiger partial charge in [-0.2, -0.15) is 0 Å². The average molecular weight is 429 g/mol. The van der Waals surface area contributed by atoms with Gasteiger partial charge in [-0.3, -0.25) is 18.9 Å². The Bertz CT molecular complexity index is 508. The molecule has 0 atom stereocenters. The fourth-order valence-corrected chi connectivity index (χ4v) is 7.22. The SMILES string of the molecule is CCC(CC)(N1CCNCCN(C(CC)(CC)P(=O)(O)O)CC1)P(=O)(O)O. The summed E-state index contributed by atoms with van der Waals surface area (Å²) >= 11 is 0. The molecule has 0 bridgehead atoms. The molecule has 1 fully saturated rings. The molecule has 0 unspecified atom stereocenters. The van der Waals surface area contributed by atoms with Crippen LogP contribution >= 0.6 is 15.2 Å². The quantitative estimate of drug-likeness (QED) is 0.365. The fourth-order valence-electron chi connectivity index (χ4n) is 4.44. The Hall–Kier alpha value is 0.180. The topological polar surface area (TPSA) is 134 Å². The van der Waals surface area contributed by atoms with Crippen LogP contribution in [0.15, 0.2) is 0 Å². The van der Waals surface area contributed by atoms with Gasteiger partial charge < -0.3 is 24.9 Å². The number of nitrogens with one attached hydrogen (secondary N) is 1. The summed E-state index contributed by atoms with van der Waals surface area (Å²) in [5, 5.41) is 0.729. The van der Waals surface area contributed by atoms with Crippen LogP contribution in [0, 0.1) is 0 Å². The van der Waals surface area contributed by atoms with Crippen LogP contribution in [0.5, 0.6) is 0 Å². The van der Waals surface area contributed by atoms with Crippen molar-refractivity contribution in [2.75, 3.05) is 39.3 Å². The molecule has 0 radical (unpaired) electrons. The zero-order valence-electron chi connectivity index (χ0n) is 17.0. The van der Waals surface area contributed by atoms with Crippen LogP contribution in [0.2, 0.25) is 0 Å². The Balaban J connectivity index is 3.26. The minimum atomic E-state index is -4.40. The van der Waals surface area contributed by atoms with E-state index in [-0.39, 0.29) is 0 Å². The Morgan fingerprint density at radius 2 is 1.00 bits per heavy atom. The van der Waals surface area contributed by atoms with Gasteiger partial charge >= 0.3 is 15.2 Å². The Kier molecular flexibility index (Phi) is 9.14. The maximum absolute atomic E-state index is 12.3. The van der Waals surface area contributed by atoms with E-state index in [0.29, 0.717) is 65.0 Å². The van der Waals surface area contributed by atoms with Crippen molar-refractivity contribution in [1.82, 2.24) is 15.1 Å². The first-order valence-electron chi connectivity index (χ1n) is 9.77. The third kappa shape index (κ3) is 5.03. The molecule has 5 N–H and O–H groups in total. The molecule has 9 nitrogen and oxygen atoms in total. The van der Waals surface area contributed by atoms with Gasteiger partial charge in [0, 0.05) is 39.3 Å². The highest BCUT2D eigenvalue weighted by Crippen LogP contribution is 2.58. The van der Waals surface area contributed by atoms with Gasteiger partial charge in [-0.25, -0.2) is 0 Å². The molecular weight excluding hydrogens is 392 g/mol. The second kappa shape index (κ2) is 9.79. The maximum atomic E-state index is 12.3. The van der Waals surface area contributed by atoms with Crippen molar-refractivity contribution in [3.05, 3.63) is 0 Å². The minimum absolute atomic E-state index is 0.305. The van der Waals surface area contributed by atoms with Gasteiger partial charge in [0.2, 0.25) is 0 Å². The Morgan fingerprint density at radius 1 is 0.704 bits per heavy atom. The third-order valence-electron chi connectivity index (χ3n) is 6.28. The molecule has 0 spiro atoms. The summed E-state index contributed by atoms with van der Waals surface area (Å²) in [5.41, 5.74) is 0. The van der Waals surface area contributed by atoms with E-state index < -0.39 is 25.8 Å². The molecule has 1 heterocycles. The van der Waals surface area contributed by atoms with E-state index in [9.17, 15) is 28.7 Å². The van der Waals surface area contributed by atoms with Gasteiger partial charge in [0.1, 0.15) is 10.6 Å². The normalized spacial score (nSPS) is 20.1. The maximum Gasteiger partial charge on any atom is 0.345 e. The zero-order valence-corrected chi connectivity index (χ0v) is 18.8. The predicted molar refractivity (Wildman–Crippen MR) is 107 cm³/mol. The Morgan fingerprint density at radius 3 is 1.22 bits per heavy atom. The van der Waals surface area contributed by atoms with Crippen molar-refractivity contribution in [3.8, 4) is 0 Å². The first-order chi connectivity index (χ1) is 12.5. The van der Waals surface area contributed by atoms with Crippen molar-refractivity contribution in [3.63, 3.8) is 0 Å². The fraction of sp³-hybridized carbons (Fsp3) is 1.00. The second-order valence-electron chi connectivity index (χ2n) is 7.19. The van der Waals surface area contributed by atoms with Gasteiger partial charge in [-0.05, 0) is 25.7 Å². The smallest absolute Gasteiger partial charge is 0.323 e. The third-order valence-corrected chi connectivity index (χ3v) is 10.3. The van der Waals surface area contributed by atoms with Crippen LogP contribution < -0.4 is 5.32 Å². The van der Waals surface area contributed by atoms with Crippen molar-refractivity contribution in [1.29, 1.82) is 0 Å². The van der Waals surface area contributed by atoms with Gasteiger partial charge in [0.05, 0.1) is 0 Å². The first-order valence-corrected chi connectivity index (χ1v) is 13.0. The predicted octanol–water partition coefficient (Wildman–Crippen LogP) is 1.58. The Labute approximate surface area is 162 Å². The second-order valence-corrected chi connectivity index (χ2v) is 11.0. The van der Waals surface area contributed by atoms with E-state index in [4.69, 9.17) is 0 Å². The molecule has 1 rings (SSSR count). The summed E-state index contributed by atoms with van der Waals surface area (Å²) in [5.74, 6) is 0. The number of hydrogen-bond donors (Lipinski definition) is 5. The summed E-state index contributed by atoms with van der Waals surface area (Å²) in [6, 6.07) is 0. The molecule has 0 aromatic heterocycles. The van der Waals surface area contributed by atoms with E-state index in [1.54, 1.807) is 27.7 Å². The first kappa shape index (κ1) is 25.2. The van der Waals surface area contributed by atoms with Crippen LogP contribution in [0.25, 0.3) is 0 Å². The summed E-state index contributed by atoms with van der Waals surface area (Å²) in [4.78, 5) is 43.9. The van der Waals surface area contributed by atoms with Crippen LogP contribution in [-0.4, -0.2) is 79.2 Å². The van der Waals surface area contributed by atoms with E-state index in [1.807, 2.05) is 9.80 Å². The molecule has 11 heteroatoms. The summed E-state index contributed by atoms with van der Waals surface area (Å²) in [6.07, 6.45) is 1.22. The molecular formula is C16H37N3O6P2. The summed E-state index contributed by atoms with van der Waals surface area (Å²) in [6.45, 7) is 9.87. The average Bonchev–Trinajstić information content (AvgIpc) is 2.69. The lowest BCUT2D eigenvalue weighted by Crippen LogP contribution is -2.54. The molecule has 1 aliphatic heterocycles. The van der Waals surface area contributed by atoms with E-state index in [0.717, 1.165) is 0 Å². The summed E-state index contributed by atoms with van der Waals surface area (Å²) in [7, 11) is -8.81. The van der Waals surface area contributed by atoms with Crippen molar-refractivity contribution < 1.29 is 28.7 Å². The molecule has 0 saturated carbocycles. The van der Waals surface area contributed by atoms with Gasteiger partial charge in [0.15, 0.2) is 0 Å². The van der Waals surface area contributed by atoms with Crippen molar-refractivity contribution in [2.45, 2.75) is 63.9 Å². The largest absolute Gasteiger partial charge is 0.345 e. The summed E-state index contributed by atoms with van der Waals surface area (Å²) < 4.78 is 24.7. The van der Waals surface area contributed by atoms with Gasteiger partial charge in [-0.1, -0.05) is 27.7 Å². The van der Waals surface area contributed by atoms with E-state index in [1.165, 1.54) is 0 Å². The lowest BCUT2D eigenvalue weighted by atomic mass is 10.1. The monoisotopic (exact) mass is 429 g/mol. The van der Waals surface area contributed by atoms with E-state index >= 15 is 0 Å². The molecule has 0 aromatic rings. The molecule has 1 saturated heterocycles. The molecule has 0 aromatic carbocycles. The highest BCUT2D eigenvalue weighted by atomic mass is 31.2. The van der Waals surface area contributed by atoms with Crippen molar-refractivity contribution >= 4 is 15.2 Å². The van der Waals surface area contributed by atoms with Crippen molar-refractivity contribution in [2.24, 2.45) is 0 Å². The van der Waals surface area contributed by atoms with Crippen LogP contribution in [-0.2, 0) is 9.13 Å². The zero-order chi connectivity index (χ0) is 20.9. The molecule has 162 valence electrons. The van der Waals surface area contributed by atoms with Gasteiger partial charge in [-0.15, -0.1) is 0 Å². The highest BCUT2D eigenvalue weighted by Gasteiger charge is 2.51. The van der Waals surface area contributed by atoms with Crippen LogP contribution in [0.1, 0.15) is 53.4 Å². The molecule has 1 aliphatic rings. The van der Waals surface area contributed by atoms with Gasteiger partial charge in [0.25, 0.3) is 0 Å². The highest BCUT2D eigenvalue weighted by molar-refractivity contribution is 7.53. The lowest BCUT2D eigenvalue weighted by molar-refractivity contribution is 0.0770. The lowest BCUT2D eigenvalue weighted by Gasteiger charge is -2.46.